The maximum absolute atomic E-state index is 13.0. The number of carbonyl (C=O) groups excluding carboxylic acids is 1. The highest BCUT2D eigenvalue weighted by molar-refractivity contribution is 5.96. The molecule has 1 saturated heterocycles. The topological polar surface area (TPSA) is 59.2 Å². The molecule has 1 aliphatic heterocycles. The fraction of sp³-hybridized carbons (Fsp3) is 0.286. The summed E-state index contributed by atoms with van der Waals surface area (Å²) in [6, 6.07) is 15.5. The molecule has 0 N–H and O–H groups in total. The van der Waals surface area contributed by atoms with Gasteiger partial charge in [0, 0.05) is 17.7 Å². The number of nitrogens with zero attached hydrogens (tertiary/aromatic N) is 3. The van der Waals surface area contributed by atoms with Crippen LogP contribution in [0.15, 0.2) is 53.1 Å². The van der Waals surface area contributed by atoms with Crippen molar-refractivity contribution in [1.82, 2.24) is 15.0 Å². The summed E-state index contributed by atoms with van der Waals surface area (Å²) in [4.78, 5) is 19.5. The summed E-state index contributed by atoms with van der Waals surface area (Å²) in [7, 11) is 0. The molecule has 132 valence electrons. The molecule has 0 spiro atoms. The zero-order valence-electron chi connectivity index (χ0n) is 15.0. The Labute approximate surface area is 152 Å². The Hall–Kier alpha value is -2.95. The Bertz CT molecular complexity index is 948. The van der Waals surface area contributed by atoms with Gasteiger partial charge in [0.25, 0.3) is 5.91 Å². The molecule has 1 atom stereocenters. The van der Waals surface area contributed by atoms with Crippen molar-refractivity contribution in [3.8, 4) is 11.4 Å². The lowest BCUT2D eigenvalue weighted by atomic mass is 10.1. The van der Waals surface area contributed by atoms with E-state index in [-0.39, 0.29) is 11.9 Å². The van der Waals surface area contributed by atoms with Crippen molar-refractivity contribution in [2.75, 3.05) is 6.54 Å². The van der Waals surface area contributed by atoms with Crippen LogP contribution in [0.3, 0.4) is 0 Å². The molecule has 1 amide bonds. The van der Waals surface area contributed by atoms with Gasteiger partial charge in [-0.25, -0.2) is 0 Å². The number of hydrogen-bond acceptors (Lipinski definition) is 4. The van der Waals surface area contributed by atoms with Crippen molar-refractivity contribution in [3.63, 3.8) is 0 Å². The molecule has 0 saturated carbocycles. The first-order valence-corrected chi connectivity index (χ1v) is 8.91. The second-order valence-corrected chi connectivity index (χ2v) is 6.74. The molecule has 5 heteroatoms. The van der Waals surface area contributed by atoms with Crippen LogP contribution in [0.2, 0.25) is 0 Å². The van der Waals surface area contributed by atoms with Gasteiger partial charge in [0.15, 0.2) is 0 Å². The van der Waals surface area contributed by atoms with Gasteiger partial charge in [0.1, 0.15) is 6.04 Å². The Morgan fingerprint density at radius 1 is 1.08 bits per heavy atom. The average molecular weight is 347 g/mol. The zero-order valence-corrected chi connectivity index (χ0v) is 15.0. The summed E-state index contributed by atoms with van der Waals surface area (Å²) in [6.07, 6.45) is 1.78. The normalized spacial score (nSPS) is 16.8. The summed E-state index contributed by atoms with van der Waals surface area (Å²) < 4.78 is 5.55. The van der Waals surface area contributed by atoms with Crippen LogP contribution in [0.1, 0.15) is 46.3 Å². The smallest absolute Gasteiger partial charge is 0.254 e. The Balaban J connectivity index is 1.63. The monoisotopic (exact) mass is 347 g/mol. The average Bonchev–Trinajstić information content (AvgIpc) is 3.31. The highest BCUT2D eigenvalue weighted by Crippen LogP contribution is 2.34. The number of rotatable bonds is 3. The van der Waals surface area contributed by atoms with Gasteiger partial charge < -0.3 is 9.42 Å². The molecule has 1 fully saturated rings. The molecule has 4 rings (SSSR count). The van der Waals surface area contributed by atoms with Gasteiger partial charge >= 0.3 is 0 Å². The van der Waals surface area contributed by atoms with Crippen molar-refractivity contribution in [2.24, 2.45) is 0 Å². The first kappa shape index (κ1) is 16.5. The van der Waals surface area contributed by atoms with E-state index in [9.17, 15) is 4.79 Å². The SMILES string of the molecule is Cc1ccccc1C(=O)N1CCC[C@@H]1c1nc(-c2ccccc2C)no1. The number of aryl methyl sites for hydroxylation is 2. The van der Waals surface area contributed by atoms with Crippen LogP contribution in [-0.4, -0.2) is 27.5 Å². The van der Waals surface area contributed by atoms with Crippen LogP contribution in [0, 0.1) is 13.8 Å². The second-order valence-electron chi connectivity index (χ2n) is 6.74. The summed E-state index contributed by atoms with van der Waals surface area (Å²) in [5.74, 6) is 1.12. The van der Waals surface area contributed by atoms with Gasteiger partial charge in [0.2, 0.25) is 11.7 Å². The molecule has 0 bridgehead atoms. The van der Waals surface area contributed by atoms with Gasteiger partial charge in [-0.05, 0) is 43.9 Å². The van der Waals surface area contributed by atoms with E-state index in [1.807, 2.05) is 67.3 Å². The zero-order chi connectivity index (χ0) is 18.1. The van der Waals surface area contributed by atoms with E-state index in [1.165, 1.54) is 0 Å². The van der Waals surface area contributed by atoms with Crippen molar-refractivity contribution in [2.45, 2.75) is 32.7 Å². The van der Waals surface area contributed by atoms with E-state index >= 15 is 0 Å². The van der Waals surface area contributed by atoms with Crippen molar-refractivity contribution in [1.29, 1.82) is 0 Å². The molecule has 0 unspecified atom stereocenters. The maximum atomic E-state index is 13.0. The van der Waals surface area contributed by atoms with E-state index in [4.69, 9.17) is 4.52 Å². The summed E-state index contributed by atoms with van der Waals surface area (Å²) in [6.45, 7) is 4.69. The molecular formula is C21H21N3O2. The number of aromatic nitrogens is 2. The highest BCUT2D eigenvalue weighted by atomic mass is 16.5. The number of likely N-dealkylation sites (tertiary alicyclic amines) is 1. The van der Waals surface area contributed by atoms with E-state index in [0.717, 1.165) is 35.1 Å². The third kappa shape index (κ3) is 2.90. The van der Waals surface area contributed by atoms with Crippen molar-refractivity contribution < 1.29 is 9.32 Å². The molecule has 3 aromatic rings. The Morgan fingerprint density at radius 3 is 2.58 bits per heavy atom. The molecule has 5 nitrogen and oxygen atoms in total. The fourth-order valence-electron chi connectivity index (χ4n) is 3.54. The van der Waals surface area contributed by atoms with Gasteiger partial charge in [-0.15, -0.1) is 0 Å². The number of amides is 1. The molecule has 26 heavy (non-hydrogen) atoms. The molecule has 1 aliphatic rings. The van der Waals surface area contributed by atoms with Gasteiger partial charge in [0.05, 0.1) is 0 Å². The largest absolute Gasteiger partial charge is 0.337 e. The molecule has 0 radical (unpaired) electrons. The minimum atomic E-state index is -0.160. The molecule has 2 aromatic carbocycles. The van der Waals surface area contributed by atoms with E-state index in [0.29, 0.717) is 18.3 Å². The van der Waals surface area contributed by atoms with Crippen LogP contribution in [0.25, 0.3) is 11.4 Å². The molecule has 0 aliphatic carbocycles. The first-order chi connectivity index (χ1) is 12.6. The third-order valence-electron chi connectivity index (χ3n) is 5.00. The van der Waals surface area contributed by atoms with Crippen LogP contribution in [0.5, 0.6) is 0 Å². The first-order valence-electron chi connectivity index (χ1n) is 8.91. The van der Waals surface area contributed by atoms with Crippen LogP contribution in [0.4, 0.5) is 0 Å². The maximum Gasteiger partial charge on any atom is 0.254 e. The van der Waals surface area contributed by atoms with Crippen LogP contribution in [-0.2, 0) is 0 Å². The second kappa shape index (κ2) is 6.75. The standard InChI is InChI=1S/C21H21N3O2/c1-14-8-3-5-10-16(14)19-22-20(26-23-19)18-12-7-13-24(18)21(25)17-11-6-4-9-15(17)2/h3-6,8-11,18H,7,12-13H2,1-2H3/t18-/m1/s1. The van der Waals surface area contributed by atoms with Crippen LogP contribution < -0.4 is 0 Å². The van der Waals surface area contributed by atoms with Gasteiger partial charge in [-0.3, -0.25) is 4.79 Å². The van der Waals surface area contributed by atoms with Crippen molar-refractivity contribution >= 4 is 5.91 Å². The summed E-state index contributed by atoms with van der Waals surface area (Å²) >= 11 is 0. The number of carbonyl (C=O) groups is 1. The molecule has 2 heterocycles. The molecule has 1 aromatic heterocycles. The number of hydrogen-bond donors (Lipinski definition) is 0. The number of benzene rings is 2. The minimum absolute atomic E-state index is 0.0289. The van der Waals surface area contributed by atoms with Gasteiger partial charge in [-0.1, -0.05) is 47.6 Å². The third-order valence-corrected chi connectivity index (χ3v) is 5.00. The Kier molecular flexibility index (Phi) is 4.29. The van der Waals surface area contributed by atoms with E-state index in [2.05, 4.69) is 10.1 Å². The van der Waals surface area contributed by atoms with Crippen LogP contribution >= 0.6 is 0 Å². The quantitative estimate of drug-likeness (QED) is 0.707. The lowest BCUT2D eigenvalue weighted by molar-refractivity contribution is 0.0709. The van der Waals surface area contributed by atoms with Gasteiger partial charge in [-0.2, -0.15) is 4.98 Å². The summed E-state index contributed by atoms with van der Waals surface area (Å²) in [5.41, 5.74) is 3.77. The minimum Gasteiger partial charge on any atom is -0.337 e. The predicted octanol–water partition coefficient (Wildman–Crippen LogP) is 4.33. The van der Waals surface area contributed by atoms with E-state index in [1.54, 1.807) is 0 Å². The Morgan fingerprint density at radius 2 is 1.81 bits per heavy atom. The predicted molar refractivity (Wildman–Crippen MR) is 98.7 cm³/mol. The fourth-order valence-corrected chi connectivity index (χ4v) is 3.54. The van der Waals surface area contributed by atoms with E-state index < -0.39 is 0 Å². The highest BCUT2D eigenvalue weighted by Gasteiger charge is 2.35. The lowest BCUT2D eigenvalue weighted by Crippen LogP contribution is -2.31. The van der Waals surface area contributed by atoms with Crippen molar-refractivity contribution in [3.05, 3.63) is 71.1 Å². The summed E-state index contributed by atoms with van der Waals surface area (Å²) in [5, 5.41) is 4.15. The lowest BCUT2D eigenvalue weighted by Gasteiger charge is -2.22. The molecular weight excluding hydrogens is 326 g/mol.